The molecule has 0 aliphatic carbocycles. The number of carbonyl (C=O) groups excluding carboxylic acids is 2. The van der Waals surface area contributed by atoms with Crippen LogP contribution >= 0.6 is 0 Å². The zero-order chi connectivity index (χ0) is 13.3. The van der Waals surface area contributed by atoms with Gasteiger partial charge in [0.1, 0.15) is 17.7 Å². The molecule has 0 bridgehead atoms. The summed E-state index contributed by atoms with van der Waals surface area (Å²) in [5, 5.41) is 2.41. The molecule has 2 rings (SSSR count). The van der Waals surface area contributed by atoms with Crippen LogP contribution in [0.1, 0.15) is 12.5 Å². The third-order valence-corrected chi connectivity index (χ3v) is 2.97. The first-order valence-electron chi connectivity index (χ1n) is 5.50. The molecule has 18 heavy (non-hydrogen) atoms. The summed E-state index contributed by atoms with van der Waals surface area (Å²) < 4.78 is 27.0. The predicted molar refractivity (Wildman–Crippen MR) is 59.4 cm³/mol. The van der Waals surface area contributed by atoms with E-state index < -0.39 is 17.7 Å². The van der Waals surface area contributed by atoms with Crippen molar-refractivity contribution in [2.24, 2.45) is 0 Å². The molecule has 4 nitrogen and oxygen atoms in total. The SMILES string of the molecule is CC1C(=O)NCC(=O)N1Cc1c(F)cccc1F. The fraction of sp³-hybridized carbons (Fsp3) is 0.333. The van der Waals surface area contributed by atoms with Gasteiger partial charge in [0.25, 0.3) is 0 Å². The van der Waals surface area contributed by atoms with Gasteiger partial charge >= 0.3 is 0 Å². The summed E-state index contributed by atoms with van der Waals surface area (Å²) in [5.41, 5.74) is -0.201. The Balaban J connectivity index is 2.27. The molecule has 1 aliphatic heterocycles. The number of rotatable bonds is 2. The third-order valence-electron chi connectivity index (χ3n) is 2.97. The van der Waals surface area contributed by atoms with Crippen molar-refractivity contribution < 1.29 is 18.4 Å². The minimum Gasteiger partial charge on any atom is -0.345 e. The molecule has 0 saturated carbocycles. The first kappa shape index (κ1) is 12.5. The summed E-state index contributed by atoms with van der Waals surface area (Å²) in [6, 6.07) is 2.77. The van der Waals surface area contributed by atoms with E-state index in [1.54, 1.807) is 0 Å². The fourth-order valence-electron chi connectivity index (χ4n) is 1.85. The summed E-state index contributed by atoms with van der Waals surface area (Å²) in [6.45, 7) is 1.14. The zero-order valence-corrected chi connectivity index (χ0v) is 9.74. The number of benzene rings is 1. The number of piperazine rings is 1. The quantitative estimate of drug-likeness (QED) is 0.849. The zero-order valence-electron chi connectivity index (χ0n) is 9.74. The summed E-state index contributed by atoms with van der Waals surface area (Å²) in [5.74, 6) is -2.13. The number of halogens is 2. The summed E-state index contributed by atoms with van der Waals surface area (Å²) in [6.07, 6.45) is 0. The lowest BCUT2D eigenvalue weighted by Gasteiger charge is -2.32. The van der Waals surface area contributed by atoms with Crippen LogP contribution in [0.5, 0.6) is 0 Å². The van der Waals surface area contributed by atoms with E-state index >= 15 is 0 Å². The van der Waals surface area contributed by atoms with Crippen molar-refractivity contribution in [3.8, 4) is 0 Å². The van der Waals surface area contributed by atoms with Gasteiger partial charge in [-0.2, -0.15) is 0 Å². The van der Waals surface area contributed by atoms with Crippen molar-refractivity contribution >= 4 is 11.8 Å². The van der Waals surface area contributed by atoms with Gasteiger partial charge in [-0.1, -0.05) is 6.07 Å². The van der Waals surface area contributed by atoms with Crippen LogP contribution < -0.4 is 5.32 Å². The average Bonchev–Trinajstić information content (AvgIpc) is 2.33. The minimum absolute atomic E-state index is 0.140. The fourth-order valence-corrected chi connectivity index (χ4v) is 1.85. The van der Waals surface area contributed by atoms with Crippen molar-refractivity contribution in [2.75, 3.05) is 6.54 Å². The molecule has 0 spiro atoms. The molecule has 0 aromatic heterocycles. The Bertz CT molecular complexity index is 485. The average molecular weight is 254 g/mol. The highest BCUT2D eigenvalue weighted by Crippen LogP contribution is 2.17. The van der Waals surface area contributed by atoms with Crippen molar-refractivity contribution in [1.82, 2.24) is 10.2 Å². The number of carbonyl (C=O) groups is 2. The highest BCUT2D eigenvalue weighted by molar-refractivity contribution is 5.94. The lowest BCUT2D eigenvalue weighted by molar-refractivity contribution is -0.145. The van der Waals surface area contributed by atoms with E-state index in [-0.39, 0.29) is 30.5 Å². The van der Waals surface area contributed by atoms with Gasteiger partial charge in [-0.15, -0.1) is 0 Å². The van der Waals surface area contributed by atoms with E-state index in [1.165, 1.54) is 17.9 Å². The van der Waals surface area contributed by atoms with E-state index in [1.807, 2.05) is 0 Å². The number of amides is 2. The molecular weight excluding hydrogens is 242 g/mol. The second-order valence-electron chi connectivity index (χ2n) is 4.12. The third kappa shape index (κ3) is 2.18. The van der Waals surface area contributed by atoms with Gasteiger partial charge in [-0.25, -0.2) is 8.78 Å². The molecule has 96 valence electrons. The highest BCUT2D eigenvalue weighted by Gasteiger charge is 2.31. The van der Waals surface area contributed by atoms with Gasteiger partial charge in [0.15, 0.2) is 0 Å². The Morgan fingerprint density at radius 3 is 2.56 bits per heavy atom. The molecule has 2 amide bonds. The van der Waals surface area contributed by atoms with Crippen LogP contribution in [-0.4, -0.2) is 29.3 Å². The maximum Gasteiger partial charge on any atom is 0.242 e. The van der Waals surface area contributed by atoms with Gasteiger partial charge in [-0.05, 0) is 19.1 Å². The Labute approximate surface area is 103 Å². The Kier molecular flexibility index (Phi) is 3.27. The summed E-state index contributed by atoms with van der Waals surface area (Å²) in [4.78, 5) is 24.2. The number of nitrogens with zero attached hydrogens (tertiary/aromatic N) is 1. The minimum atomic E-state index is -0.731. The molecule has 6 heteroatoms. The van der Waals surface area contributed by atoms with Crippen LogP contribution in [0.3, 0.4) is 0 Å². The van der Waals surface area contributed by atoms with E-state index in [9.17, 15) is 18.4 Å². The summed E-state index contributed by atoms with van der Waals surface area (Å²) >= 11 is 0. The van der Waals surface area contributed by atoms with Crippen molar-refractivity contribution in [3.63, 3.8) is 0 Å². The molecule has 1 unspecified atom stereocenters. The van der Waals surface area contributed by atoms with Crippen LogP contribution in [0.15, 0.2) is 18.2 Å². The molecule has 1 heterocycles. The van der Waals surface area contributed by atoms with E-state index in [0.717, 1.165) is 12.1 Å². The molecule has 1 aliphatic rings. The van der Waals surface area contributed by atoms with Crippen molar-refractivity contribution in [3.05, 3.63) is 35.4 Å². The maximum absolute atomic E-state index is 13.5. The first-order chi connectivity index (χ1) is 8.50. The standard InChI is InChI=1S/C12H12F2N2O2/c1-7-12(18)15-5-11(17)16(7)6-8-9(13)3-2-4-10(8)14/h2-4,7H,5-6H2,1H3,(H,15,18). The van der Waals surface area contributed by atoms with Gasteiger partial charge in [0.05, 0.1) is 13.1 Å². The van der Waals surface area contributed by atoms with Crippen LogP contribution in [-0.2, 0) is 16.1 Å². The normalized spacial score (nSPS) is 19.9. The number of hydrogen-bond acceptors (Lipinski definition) is 2. The van der Waals surface area contributed by atoms with Gasteiger partial charge in [-0.3, -0.25) is 9.59 Å². The molecule has 1 saturated heterocycles. The van der Waals surface area contributed by atoms with Gasteiger partial charge in [0.2, 0.25) is 11.8 Å². The molecule has 1 atom stereocenters. The second kappa shape index (κ2) is 4.72. The Hall–Kier alpha value is -1.98. The lowest BCUT2D eigenvalue weighted by Crippen LogP contribution is -2.56. The topological polar surface area (TPSA) is 49.4 Å². The predicted octanol–water partition coefficient (Wildman–Crippen LogP) is 0.812. The van der Waals surface area contributed by atoms with Crippen LogP contribution in [0.4, 0.5) is 8.78 Å². The molecular formula is C12H12F2N2O2. The molecule has 1 aromatic carbocycles. The smallest absolute Gasteiger partial charge is 0.242 e. The van der Waals surface area contributed by atoms with Crippen LogP contribution in [0.2, 0.25) is 0 Å². The molecule has 0 radical (unpaired) electrons. The van der Waals surface area contributed by atoms with Crippen molar-refractivity contribution in [1.29, 1.82) is 0 Å². The lowest BCUT2D eigenvalue weighted by atomic mass is 10.1. The van der Waals surface area contributed by atoms with E-state index in [0.29, 0.717) is 0 Å². The van der Waals surface area contributed by atoms with E-state index in [2.05, 4.69) is 5.32 Å². The van der Waals surface area contributed by atoms with Crippen LogP contribution in [0.25, 0.3) is 0 Å². The molecule has 1 fully saturated rings. The van der Waals surface area contributed by atoms with Crippen LogP contribution in [0, 0.1) is 11.6 Å². The van der Waals surface area contributed by atoms with Crippen molar-refractivity contribution in [2.45, 2.75) is 19.5 Å². The Morgan fingerprint density at radius 1 is 1.33 bits per heavy atom. The Morgan fingerprint density at radius 2 is 1.94 bits per heavy atom. The number of nitrogens with one attached hydrogen (secondary N) is 1. The molecule has 1 N–H and O–H groups in total. The number of hydrogen-bond donors (Lipinski definition) is 1. The first-order valence-corrected chi connectivity index (χ1v) is 5.50. The van der Waals surface area contributed by atoms with Gasteiger partial charge in [0, 0.05) is 5.56 Å². The van der Waals surface area contributed by atoms with E-state index in [4.69, 9.17) is 0 Å². The largest absolute Gasteiger partial charge is 0.345 e. The maximum atomic E-state index is 13.5. The molecule has 1 aromatic rings. The summed E-state index contributed by atoms with van der Waals surface area (Å²) in [7, 11) is 0. The monoisotopic (exact) mass is 254 g/mol. The second-order valence-corrected chi connectivity index (χ2v) is 4.12. The van der Waals surface area contributed by atoms with Gasteiger partial charge < -0.3 is 10.2 Å². The highest BCUT2D eigenvalue weighted by atomic mass is 19.1.